The normalized spacial score (nSPS) is 14.6. The van der Waals surface area contributed by atoms with Crippen LogP contribution in [0.15, 0.2) is 60.7 Å². The van der Waals surface area contributed by atoms with Gasteiger partial charge in [0.15, 0.2) is 5.75 Å². The minimum atomic E-state index is -0.0731. The van der Waals surface area contributed by atoms with E-state index in [9.17, 15) is 5.11 Å². The molecule has 0 aliphatic carbocycles. The highest BCUT2D eigenvalue weighted by Crippen LogP contribution is 2.47. The molecule has 0 N–H and O–H groups in total. The van der Waals surface area contributed by atoms with Crippen LogP contribution in [0.3, 0.4) is 0 Å². The second kappa shape index (κ2) is 4.67. The zero-order valence-corrected chi connectivity index (χ0v) is 12.7. The lowest BCUT2D eigenvalue weighted by atomic mass is 10.0. The van der Waals surface area contributed by atoms with Gasteiger partial charge < -0.3 is 9.80 Å². The van der Waals surface area contributed by atoms with Crippen LogP contribution in [0.4, 0.5) is 11.4 Å². The van der Waals surface area contributed by atoms with Crippen molar-refractivity contribution < 1.29 is 5.11 Å². The molecule has 109 valence electrons. The molecule has 3 aromatic rings. The molecule has 1 aliphatic rings. The maximum Gasteiger partial charge on any atom is 0.186 e. The first-order valence-electron chi connectivity index (χ1n) is 7.42. The van der Waals surface area contributed by atoms with Crippen molar-refractivity contribution in [2.75, 3.05) is 23.9 Å². The molecule has 4 rings (SSSR count). The smallest absolute Gasteiger partial charge is 0.186 e. The van der Waals surface area contributed by atoms with Crippen molar-refractivity contribution in [1.82, 2.24) is 0 Å². The minimum absolute atomic E-state index is 0.0731. The minimum Gasteiger partial charge on any atom is -0.349 e. The zero-order chi connectivity index (χ0) is 15.3. The van der Waals surface area contributed by atoms with Crippen molar-refractivity contribution in [1.29, 1.82) is 0 Å². The fraction of sp³-hybridized carbons (Fsp3) is 0.158. The number of para-hydroxylation sites is 2. The summed E-state index contributed by atoms with van der Waals surface area (Å²) in [5, 5.41) is 14.7. The second-order valence-electron chi connectivity index (χ2n) is 5.78. The Morgan fingerprint density at radius 3 is 2.05 bits per heavy atom. The first kappa shape index (κ1) is 13.0. The Morgan fingerprint density at radius 1 is 0.773 bits per heavy atom. The van der Waals surface area contributed by atoms with Crippen LogP contribution in [0.2, 0.25) is 0 Å². The molecular weight excluding hydrogens is 272 g/mol. The molecule has 1 radical (unpaired) electrons. The van der Waals surface area contributed by atoms with Gasteiger partial charge in [0.05, 0.1) is 11.4 Å². The van der Waals surface area contributed by atoms with Gasteiger partial charge in [-0.05, 0) is 29.0 Å². The van der Waals surface area contributed by atoms with E-state index < -0.39 is 0 Å². The van der Waals surface area contributed by atoms with E-state index in [2.05, 4.69) is 28.0 Å². The Bertz CT molecular complexity index is 830. The number of benzene rings is 3. The highest BCUT2D eigenvalue weighted by atomic mass is 16.3. The van der Waals surface area contributed by atoms with Gasteiger partial charge in [0.25, 0.3) is 0 Å². The van der Waals surface area contributed by atoms with E-state index in [1.807, 2.05) is 50.5 Å². The van der Waals surface area contributed by atoms with Crippen LogP contribution in [0.25, 0.3) is 10.8 Å². The van der Waals surface area contributed by atoms with E-state index in [1.54, 1.807) is 6.07 Å². The summed E-state index contributed by atoms with van der Waals surface area (Å²) in [6.45, 7) is 0. The summed E-state index contributed by atoms with van der Waals surface area (Å²) in [6.07, 6.45) is -0.0731. The van der Waals surface area contributed by atoms with Crippen LogP contribution >= 0.6 is 0 Å². The Balaban J connectivity index is 1.96. The summed E-state index contributed by atoms with van der Waals surface area (Å²) >= 11 is 0. The molecule has 3 aromatic carbocycles. The van der Waals surface area contributed by atoms with Crippen LogP contribution in [0.1, 0.15) is 11.7 Å². The van der Waals surface area contributed by atoms with Crippen molar-refractivity contribution in [3.63, 3.8) is 0 Å². The SMILES string of the molecule is CN1c2ccccc2N(C)C1c1c([O])ccc2ccccc12. The Kier molecular flexibility index (Phi) is 2.76. The summed E-state index contributed by atoms with van der Waals surface area (Å²) in [4.78, 5) is 4.36. The summed E-state index contributed by atoms with van der Waals surface area (Å²) in [5.74, 6) is 0.0928. The van der Waals surface area contributed by atoms with E-state index >= 15 is 0 Å². The monoisotopic (exact) mass is 289 g/mol. The van der Waals surface area contributed by atoms with E-state index in [0.717, 1.165) is 27.7 Å². The molecular formula is C19H17N2O. The van der Waals surface area contributed by atoms with Gasteiger partial charge in [-0.2, -0.15) is 0 Å². The van der Waals surface area contributed by atoms with Crippen molar-refractivity contribution in [3.8, 4) is 5.75 Å². The van der Waals surface area contributed by atoms with Gasteiger partial charge in [-0.25, -0.2) is 0 Å². The lowest BCUT2D eigenvalue weighted by Gasteiger charge is -2.29. The number of hydrogen-bond acceptors (Lipinski definition) is 2. The molecule has 1 heterocycles. The standard InChI is InChI=1S/C19H17N2O/c1-20-15-9-5-6-10-16(15)21(2)19(20)18-14-8-4-3-7-13(14)11-12-17(18)22/h3-12,19H,1-2H3. The van der Waals surface area contributed by atoms with E-state index in [0.29, 0.717) is 0 Å². The molecule has 0 fully saturated rings. The van der Waals surface area contributed by atoms with Gasteiger partial charge >= 0.3 is 0 Å². The molecule has 0 spiro atoms. The van der Waals surface area contributed by atoms with Gasteiger partial charge in [0, 0.05) is 19.7 Å². The average molecular weight is 289 g/mol. The van der Waals surface area contributed by atoms with Gasteiger partial charge in [-0.1, -0.05) is 42.5 Å². The predicted molar refractivity (Wildman–Crippen MR) is 90.1 cm³/mol. The number of hydrogen-bond donors (Lipinski definition) is 0. The van der Waals surface area contributed by atoms with E-state index in [-0.39, 0.29) is 11.9 Å². The average Bonchev–Trinajstić information content (AvgIpc) is 2.80. The lowest BCUT2D eigenvalue weighted by Crippen LogP contribution is -2.30. The fourth-order valence-electron chi connectivity index (χ4n) is 3.51. The summed E-state index contributed by atoms with van der Waals surface area (Å²) < 4.78 is 0. The maximum atomic E-state index is 12.6. The maximum absolute atomic E-state index is 12.6. The molecule has 0 amide bonds. The quantitative estimate of drug-likeness (QED) is 0.656. The van der Waals surface area contributed by atoms with Crippen molar-refractivity contribution in [3.05, 3.63) is 66.2 Å². The highest BCUT2D eigenvalue weighted by molar-refractivity contribution is 5.90. The summed E-state index contributed by atoms with van der Waals surface area (Å²) in [7, 11) is 4.10. The Hall–Kier alpha value is -2.68. The van der Waals surface area contributed by atoms with Crippen molar-refractivity contribution in [2.24, 2.45) is 0 Å². The highest BCUT2D eigenvalue weighted by Gasteiger charge is 2.35. The molecule has 3 heteroatoms. The third-order valence-electron chi connectivity index (χ3n) is 4.56. The number of rotatable bonds is 1. The molecule has 3 nitrogen and oxygen atoms in total. The van der Waals surface area contributed by atoms with Crippen LogP contribution < -0.4 is 9.80 Å². The van der Waals surface area contributed by atoms with Crippen LogP contribution in [-0.4, -0.2) is 14.1 Å². The lowest BCUT2D eigenvalue weighted by molar-refractivity contribution is 0.347. The van der Waals surface area contributed by atoms with Gasteiger partial charge in [-0.15, -0.1) is 0 Å². The summed E-state index contributed by atoms with van der Waals surface area (Å²) in [5.41, 5.74) is 3.16. The Morgan fingerprint density at radius 2 is 1.36 bits per heavy atom. The molecule has 0 bridgehead atoms. The van der Waals surface area contributed by atoms with Crippen LogP contribution in [-0.2, 0) is 5.11 Å². The number of fused-ring (bicyclic) bond motifs is 2. The summed E-state index contributed by atoms with van der Waals surface area (Å²) in [6, 6.07) is 20.0. The largest absolute Gasteiger partial charge is 0.349 e. The fourth-order valence-corrected chi connectivity index (χ4v) is 3.51. The van der Waals surface area contributed by atoms with Crippen molar-refractivity contribution in [2.45, 2.75) is 6.17 Å². The van der Waals surface area contributed by atoms with Crippen molar-refractivity contribution >= 4 is 22.1 Å². The number of anilines is 2. The third kappa shape index (κ3) is 1.69. The molecule has 0 saturated carbocycles. The predicted octanol–water partition coefficient (Wildman–Crippen LogP) is 4.57. The van der Waals surface area contributed by atoms with Gasteiger partial charge in [0.1, 0.15) is 6.17 Å². The van der Waals surface area contributed by atoms with Crippen LogP contribution in [0.5, 0.6) is 5.75 Å². The molecule has 0 saturated heterocycles. The van der Waals surface area contributed by atoms with Crippen LogP contribution in [0, 0.1) is 0 Å². The van der Waals surface area contributed by atoms with E-state index in [1.165, 1.54) is 0 Å². The van der Waals surface area contributed by atoms with Gasteiger partial charge in [0.2, 0.25) is 0 Å². The topological polar surface area (TPSA) is 26.4 Å². The van der Waals surface area contributed by atoms with E-state index in [4.69, 9.17) is 0 Å². The molecule has 0 aromatic heterocycles. The first-order chi connectivity index (χ1) is 10.7. The van der Waals surface area contributed by atoms with Gasteiger partial charge in [-0.3, -0.25) is 5.11 Å². The zero-order valence-electron chi connectivity index (χ0n) is 12.7. The molecule has 0 unspecified atom stereocenters. The molecule has 1 aliphatic heterocycles. The third-order valence-corrected chi connectivity index (χ3v) is 4.56. The first-order valence-corrected chi connectivity index (χ1v) is 7.42. The second-order valence-corrected chi connectivity index (χ2v) is 5.78. The number of nitrogens with zero attached hydrogens (tertiary/aromatic N) is 2. The molecule has 0 atom stereocenters. The Labute approximate surface area is 130 Å². The molecule has 22 heavy (non-hydrogen) atoms.